The van der Waals surface area contributed by atoms with Crippen molar-refractivity contribution >= 4 is 23.2 Å². The standard InChI is InChI=1S/C20H24ClFN4O/c1-20(2)11-17-16(26(20)14-8-6-13(22)7-9-14)5-4-10-25(17)19(27)18-15(21)12-23-24(18)3/h6-9,12,16-17H,4-5,10-11H2,1-3H3/t16-,17-/m0/s1. The molecule has 0 saturated carbocycles. The molecule has 5 nitrogen and oxygen atoms in total. The number of amides is 1. The van der Waals surface area contributed by atoms with E-state index in [0.29, 0.717) is 10.7 Å². The first-order chi connectivity index (χ1) is 12.8. The van der Waals surface area contributed by atoms with Crippen molar-refractivity contribution in [2.45, 2.75) is 50.7 Å². The van der Waals surface area contributed by atoms with Gasteiger partial charge in [-0.2, -0.15) is 5.10 Å². The fraction of sp³-hybridized carbons (Fsp3) is 0.500. The number of nitrogens with zero attached hydrogens (tertiary/aromatic N) is 4. The average Bonchev–Trinajstić information content (AvgIpc) is 3.09. The molecule has 0 radical (unpaired) electrons. The van der Waals surface area contributed by atoms with Crippen LogP contribution in [0.3, 0.4) is 0 Å². The maximum absolute atomic E-state index is 13.4. The van der Waals surface area contributed by atoms with Crippen LogP contribution in [0, 0.1) is 5.82 Å². The predicted octanol–water partition coefficient (Wildman–Crippen LogP) is 3.87. The van der Waals surface area contributed by atoms with E-state index >= 15 is 0 Å². The van der Waals surface area contributed by atoms with Crippen molar-refractivity contribution < 1.29 is 9.18 Å². The Bertz CT molecular complexity index is 844. The molecule has 2 fully saturated rings. The second-order valence-corrected chi connectivity index (χ2v) is 8.51. The van der Waals surface area contributed by atoms with Gasteiger partial charge in [-0.1, -0.05) is 11.6 Å². The van der Waals surface area contributed by atoms with Gasteiger partial charge in [-0.15, -0.1) is 0 Å². The Balaban J connectivity index is 1.68. The number of halogens is 2. The van der Waals surface area contributed by atoms with E-state index in [2.05, 4.69) is 23.8 Å². The summed E-state index contributed by atoms with van der Waals surface area (Å²) in [6, 6.07) is 6.96. The smallest absolute Gasteiger partial charge is 0.273 e. The number of carbonyl (C=O) groups is 1. The van der Waals surface area contributed by atoms with Crippen molar-refractivity contribution in [3.63, 3.8) is 0 Å². The highest BCUT2D eigenvalue weighted by Gasteiger charge is 2.51. The number of likely N-dealkylation sites (tertiary alicyclic amines) is 1. The molecule has 144 valence electrons. The number of rotatable bonds is 2. The van der Waals surface area contributed by atoms with Crippen molar-refractivity contribution in [3.05, 3.63) is 47.0 Å². The quantitative estimate of drug-likeness (QED) is 0.781. The van der Waals surface area contributed by atoms with Crippen molar-refractivity contribution in [3.8, 4) is 0 Å². The van der Waals surface area contributed by atoms with Crippen molar-refractivity contribution in [1.29, 1.82) is 0 Å². The molecule has 0 spiro atoms. The summed E-state index contributed by atoms with van der Waals surface area (Å²) in [4.78, 5) is 17.6. The monoisotopic (exact) mass is 390 g/mol. The minimum Gasteiger partial charge on any atom is -0.361 e. The van der Waals surface area contributed by atoms with Crippen LogP contribution in [0.1, 0.15) is 43.6 Å². The van der Waals surface area contributed by atoms with Crippen LogP contribution in [0.25, 0.3) is 0 Å². The molecule has 2 atom stereocenters. The highest BCUT2D eigenvalue weighted by Crippen LogP contribution is 2.44. The molecular weight excluding hydrogens is 367 g/mol. The zero-order valence-electron chi connectivity index (χ0n) is 15.8. The Labute approximate surface area is 163 Å². The minimum absolute atomic E-state index is 0.0635. The van der Waals surface area contributed by atoms with E-state index in [9.17, 15) is 9.18 Å². The topological polar surface area (TPSA) is 41.4 Å². The molecule has 0 bridgehead atoms. The summed E-state index contributed by atoms with van der Waals surface area (Å²) >= 11 is 6.22. The van der Waals surface area contributed by atoms with Gasteiger partial charge in [0.1, 0.15) is 11.5 Å². The van der Waals surface area contributed by atoms with Crippen LogP contribution in [-0.4, -0.2) is 44.8 Å². The van der Waals surface area contributed by atoms with Crippen LogP contribution in [0.15, 0.2) is 30.5 Å². The van der Waals surface area contributed by atoms with Gasteiger partial charge in [0.15, 0.2) is 0 Å². The van der Waals surface area contributed by atoms with Gasteiger partial charge in [0, 0.05) is 24.8 Å². The first-order valence-electron chi connectivity index (χ1n) is 9.33. The second-order valence-electron chi connectivity index (χ2n) is 8.10. The summed E-state index contributed by atoms with van der Waals surface area (Å²) in [5, 5.41) is 4.49. The molecule has 1 amide bonds. The van der Waals surface area contributed by atoms with E-state index in [1.165, 1.54) is 18.3 Å². The molecule has 2 aliphatic heterocycles. The Kier molecular flexibility index (Phi) is 4.41. The lowest BCUT2D eigenvalue weighted by Gasteiger charge is -2.42. The zero-order chi connectivity index (χ0) is 19.3. The minimum atomic E-state index is -0.237. The maximum Gasteiger partial charge on any atom is 0.273 e. The Hall–Kier alpha value is -2.08. The summed E-state index contributed by atoms with van der Waals surface area (Å²) in [7, 11) is 1.74. The highest BCUT2D eigenvalue weighted by molar-refractivity contribution is 6.33. The third kappa shape index (κ3) is 3.00. The number of aromatic nitrogens is 2. The number of aryl methyl sites for hydroxylation is 1. The van der Waals surface area contributed by atoms with Crippen LogP contribution in [0.2, 0.25) is 5.02 Å². The van der Waals surface area contributed by atoms with Crippen LogP contribution in [0.4, 0.5) is 10.1 Å². The largest absolute Gasteiger partial charge is 0.361 e. The highest BCUT2D eigenvalue weighted by atomic mass is 35.5. The van der Waals surface area contributed by atoms with E-state index < -0.39 is 0 Å². The van der Waals surface area contributed by atoms with Crippen LogP contribution < -0.4 is 4.90 Å². The first kappa shape index (κ1) is 18.3. The molecule has 2 saturated heterocycles. The van der Waals surface area contributed by atoms with Gasteiger partial charge in [0.2, 0.25) is 0 Å². The molecule has 1 aromatic carbocycles. The third-order valence-electron chi connectivity index (χ3n) is 5.90. The molecule has 0 N–H and O–H groups in total. The summed E-state index contributed by atoms with van der Waals surface area (Å²) < 4.78 is 15.0. The number of piperidine rings is 1. The van der Waals surface area contributed by atoms with Crippen LogP contribution >= 0.6 is 11.6 Å². The number of hydrogen-bond donors (Lipinski definition) is 0. The molecule has 1 aromatic heterocycles. The number of carbonyl (C=O) groups excluding carboxylic acids is 1. The van der Waals surface area contributed by atoms with Gasteiger partial charge in [0.25, 0.3) is 5.91 Å². The van der Waals surface area contributed by atoms with Gasteiger partial charge >= 0.3 is 0 Å². The summed E-state index contributed by atoms with van der Waals surface area (Å²) in [6.07, 6.45) is 4.31. The van der Waals surface area contributed by atoms with Gasteiger partial charge in [-0.25, -0.2) is 4.39 Å². The lowest BCUT2D eigenvalue weighted by atomic mass is 9.93. The van der Waals surface area contributed by atoms with Gasteiger partial charge in [0.05, 0.1) is 23.3 Å². The van der Waals surface area contributed by atoms with Crippen molar-refractivity contribution in [2.24, 2.45) is 7.05 Å². The maximum atomic E-state index is 13.4. The summed E-state index contributed by atoms with van der Waals surface area (Å²) in [5.41, 5.74) is 1.31. The fourth-order valence-corrected chi connectivity index (χ4v) is 5.07. The van der Waals surface area contributed by atoms with E-state index in [0.717, 1.165) is 31.5 Å². The zero-order valence-corrected chi connectivity index (χ0v) is 16.6. The third-order valence-corrected chi connectivity index (χ3v) is 6.17. The lowest BCUT2D eigenvalue weighted by Crippen LogP contribution is -2.53. The second kappa shape index (κ2) is 6.51. The van der Waals surface area contributed by atoms with Crippen molar-refractivity contribution in [1.82, 2.24) is 14.7 Å². The molecule has 27 heavy (non-hydrogen) atoms. The van der Waals surface area contributed by atoms with E-state index in [-0.39, 0.29) is 29.3 Å². The van der Waals surface area contributed by atoms with E-state index in [1.807, 2.05) is 17.0 Å². The molecule has 2 aromatic rings. The van der Waals surface area contributed by atoms with Crippen molar-refractivity contribution in [2.75, 3.05) is 11.4 Å². The normalized spacial score (nSPS) is 24.2. The Morgan fingerprint density at radius 3 is 2.59 bits per heavy atom. The average molecular weight is 391 g/mol. The molecular formula is C20H24ClFN4O. The summed E-state index contributed by atoms with van der Waals surface area (Å²) in [5.74, 6) is -0.301. The van der Waals surface area contributed by atoms with E-state index in [1.54, 1.807) is 11.7 Å². The SMILES string of the molecule is Cn1ncc(Cl)c1C(=O)N1CCC[C@H]2[C@@H]1CC(C)(C)N2c1ccc(F)cc1. The van der Waals surface area contributed by atoms with Gasteiger partial charge in [-0.3, -0.25) is 9.48 Å². The lowest BCUT2D eigenvalue weighted by molar-refractivity contribution is 0.0594. The van der Waals surface area contributed by atoms with Crippen LogP contribution in [-0.2, 0) is 7.05 Å². The number of hydrogen-bond acceptors (Lipinski definition) is 3. The Morgan fingerprint density at radius 1 is 1.26 bits per heavy atom. The molecule has 3 heterocycles. The summed E-state index contributed by atoms with van der Waals surface area (Å²) in [6.45, 7) is 5.09. The van der Waals surface area contributed by atoms with Crippen LogP contribution in [0.5, 0.6) is 0 Å². The number of anilines is 1. The number of fused-ring (bicyclic) bond motifs is 1. The van der Waals surface area contributed by atoms with Gasteiger partial charge < -0.3 is 9.80 Å². The predicted molar refractivity (Wildman–Crippen MR) is 104 cm³/mol. The van der Waals surface area contributed by atoms with E-state index in [4.69, 9.17) is 11.6 Å². The molecule has 0 unspecified atom stereocenters. The number of benzene rings is 1. The van der Waals surface area contributed by atoms with Gasteiger partial charge in [-0.05, 0) is 57.4 Å². The Morgan fingerprint density at radius 2 is 1.96 bits per heavy atom. The molecule has 4 rings (SSSR count). The molecule has 2 aliphatic rings. The fourth-order valence-electron chi connectivity index (χ4n) is 4.83. The molecule has 7 heteroatoms. The molecule has 0 aliphatic carbocycles. The first-order valence-corrected chi connectivity index (χ1v) is 9.71.